The molecule has 10 heteroatoms. The molecule has 2 N–H and O–H groups in total. The number of hydrazone groups is 1. The number of rotatable bonds is 10. The van der Waals surface area contributed by atoms with Crippen molar-refractivity contribution in [2.45, 2.75) is 20.1 Å². The molecule has 0 aliphatic heterocycles. The van der Waals surface area contributed by atoms with E-state index in [1.54, 1.807) is 17.8 Å². The first-order valence-corrected chi connectivity index (χ1v) is 10.9. The molecule has 4 rings (SSSR count). The maximum atomic E-state index is 12.4. The normalized spacial score (nSPS) is 11.4. The molecule has 10 nitrogen and oxygen atoms in total. The molecule has 0 unspecified atom stereocenters. The molecule has 4 aromatic rings. The summed E-state index contributed by atoms with van der Waals surface area (Å²) in [6, 6.07) is 17.5. The average molecular weight is 463 g/mol. The van der Waals surface area contributed by atoms with Crippen molar-refractivity contribution in [2.75, 3.05) is 18.6 Å². The van der Waals surface area contributed by atoms with Crippen molar-refractivity contribution in [3.8, 4) is 5.75 Å². The zero-order valence-electron chi connectivity index (χ0n) is 19.0. The van der Waals surface area contributed by atoms with E-state index in [0.717, 1.165) is 16.9 Å². The number of aromatic amines is 1. The number of aromatic nitrogens is 4. The fraction of sp³-hybridized carbons (Fsp3) is 0.250. The lowest BCUT2D eigenvalue weighted by Gasteiger charge is -2.08. The average Bonchev–Trinajstić information content (AvgIpc) is 3.22. The third kappa shape index (κ3) is 5.24. The molecule has 176 valence electrons. The van der Waals surface area contributed by atoms with Crippen LogP contribution in [-0.4, -0.2) is 38.5 Å². The highest BCUT2D eigenvalue weighted by molar-refractivity contribution is 5.80. The van der Waals surface area contributed by atoms with Crippen molar-refractivity contribution >= 4 is 23.3 Å². The van der Waals surface area contributed by atoms with Gasteiger partial charge in [0.05, 0.1) is 12.8 Å². The first-order valence-electron chi connectivity index (χ1n) is 10.9. The van der Waals surface area contributed by atoms with E-state index in [2.05, 4.69) is 20.5 Å². The fourth-order valence-corrected chi connectivity index (χ4v) is 3.39. The van der Waals surface area contributed by atoms with E-state index in [0.29, 0.717) is 32.3 Å². The lowest BCUT2D eigenvalue weighted by molar-refractivity contribution is 0.140. The summed E-state index contributed by atoms with van der Waals surface area (Å²) >= 11 is 0. The van der Waals surface area contributed by atoms with Gasteiger partial charge < -0.3 is 14.0 Å². The van der Waals surface area contributed by atoms with Gasteiger partial charge in [-0.2, -0.15) is 10.1 Å². The van der Waals surface area contributed by atoms with Gasteiger partial charge in [-0.05, 0) is 42.3 Å². The van der Waals surface area contributed by atoms with Gasteiger partial charge in [0.2, 0.25) is 5.95 Å². The summed E-state index contributed by atoms with van der Waals surface area (Å²) in [6.45, 7) is 3.69. The third-order valence-electron chi connectivity index (χ3n) is 5.18. The minimum Gasteiger partial charge on any atom is -0.489 e. The Kier molecular flexibility index (Phi) is 7.19. The Morgan fingerprint density at radius 2 is 1.88 bits per heavy atom. The SMILES string of the molecule is CCOCCn1c(N/N=C\c2ccc(OCc3ccccc3)cc2)nc2c1c(=O)[nH]c(=O)n2C. The predicted octanol–water partition coefficient (Wildman–Crippen LogP) is 2.48. The van der Waals surface area contributed by atoms with E-state index in [4.69, 9.17) is 9.47 Å². The zero-order valence-corrected chi connectivity index (χ0v) is 19.0. The molecule has 0 bridgehead atoms. The second-order valence-electron chi connectivity index (χ2n) is 7.49. The van der Waals surface area contributed by atoms with Crippen molar-refractivity contribution < 1.29 is 9.47 Å². The first kappa shape index (κ1) is 23.0. The molecule has 0 aliphatic rings. The van der Waals surface area contributed by atoms with Gasteiger partial charge in [0.15, 0.2) is 11.2 Å². The van der Waals surface area contributed by atoms with Crippen LogP contribution in [0.5, 0.6) is 5.75 Å². The van der Waals surface area contributed by atoms with Crippen LogP contribution in [0.25, 0.3) is 11.2 Å². The van der Waals surface area contributed by atoms with Crippen molar-refractivity contribution in [2.24, 2.45) is 12.1 Å². The largest absolute Gasteiger partial charge is 0.489 e. The molecule has 0 aliphatic carbocycles. The molecule has 2 aromatic heterocycles. The minimum atomic E-state index is -0.531. The van der Waals surface area contributed by atoms with Crippen LogP contribution in [0.3, 0.4) is 0 Å². The summed E-state index contributed by atoms with van der Waals surface area (Å²) in [5.74, 6) is 1.09. The Labute approximate surface area is 195 Å². The monoisotopic (exact) mass is 462 g/mol. The summed E-state index contributed by atoms with van der Waals surface area (Å²) in [5, 5.41) is 4.26. The molecule has 0 atom stereocenters. The Bertz CT molecular complexity index is 1390. The third-order valence-corrected chi connectivity index (χ3v) is 5.18. The number of benzene rings is 2. The number of imidazole rings is 1. The predicted molar refractivity (Wildman–Crippen MR) is 131 cm³/mol. The topological polar surface area (TPSA) is 116 Å². The number of nitrogens with zero attached hydrogens (tertiary/aromatic N) is 4. The molecule has 0 saturated heterocycles. The summed E-state index contributed by atoms with van der Waals surface area (Å²) in [6.07, 6.45) is 1.64. The van der Waals surface area contributed by atoms with Crippen molar-refractivity contribution in [3.63, 3.8) is 0 Å². The highest BCUT2D eigenvalue weighted by Gasteiger charge is 2.17. The Morgan fingerprint density at radius 3 is 2.62 bits per heavy atom. The summed E-state index contributed by atoms with van der Waals surface area (Å²) in [4.78, 5) is 31.1. The number of H-pyrrole nitrogens is 1. The molecular weight excluding hydrogens is 436 g/mol. The number of anilines is 1. The van der Waals surface area contributed by atoms with Crippen LogP contribution in [0.2, 0.25) is 0 Å². The van der Waals surface area contributed by atoms with Gasteiger partial charge in [0.25, 0.3) is 5.56 Å². The van der Waals surface area contributed by atoms with E-state index >= 15 is 0 Å². The van der Waals surface area contributed by atoms with E-state index in [9.17, 15) is 9.59 Å². The highest BCUT2D eigenvalue weighted by atomic mass is 16.5. The maximum Gasteiger partial charge on any atom is 0.329 e. The summed E-state index contributed by atoms with van der Waals surface area (Å²) in [7, 11) is 1.55. The Balaban J connectivity index is 1.49. The summed E-state index contributed by atoms with van der Waals surface area (Å²) < 4.78 is 14.2. The highest BCUT2D eigenvalue weighted by Crippen LogP contribution is 2.16. The number of ether oxygens (including phenoxy) is 2. The lowest BCUT2D eigenvalue weighted by Crippen LogP contribution is -2.29. The fourth-order valence-electron chi connectivity index (χ4n) is 3.39. The van der Waals surface area contributed by atoms with Crippen LogP contribution in [0.15, 0.2) is 69.3 Å². The van der Waals surface area contributed by atoms with Crippen molar-refractivity contribution in [1.29, 1.82) is 0 Å². The van der Waals surface area contributed by atoms with Crippen LogP contribution < -0.4 is 21.4 Å². The minimum absolute atomic E-state index is 0.267. The number of hydrogen-bond acceptors (Lipinski definition) is 7. The van der Waals surface area contributed by atoms with E-state index in [1.807, 2.05) is 61.5 Å². The molecular formula is C24H26N6O4. The molecule has 34 heavy (non-hydrogen) atoms. The van der Waals surface area contributed by atoms with E-state index < -0.39 is 11.2 Å². The van der Waals surface area contributed by atoms with Crippen LogP contribution in [-0.2, 0) is 24.9 Å². The second-order valence-corrected chi connectivity index (χ2v) is 7.49. The molecule has 0 fully saturated rings. The van der Waals surface area contributed by atoms with Gasteiger partial charge in [-0.3, -0.25) is 14.3 Å². The number of fused-ring (bicyclic) bond motifs is 1. The second kappa shape index (κ2) is 10.6. The van der Waals surface area contributed by atoms with E-state index in [1.165, 1.54) is 4.57 Å². The summed E-state index contributed by atoms with van der Waals surface area (Å²) in [5.41, 5.74) is 4.33. The van der Waals surface area contributed by atoms with Crippen molar-refractivity contribution in [1.82, 2.24) is 19.1 Å². The van der Waals surface area contributed by atoms with Gasteiger partial charge >= 0.3 is 5.69 Å². The van der Waals surface area contributed by atoms with Gasteiger partial charge in [-0.15, -0.1) is 0 Å². The number of nitrogens with one attached hydrogen (secondary N) is 2. The zero-order chi connectivity index (χ0) is 23.9. The smallest absolute Gasteiger partial charge is 0.329 e. The van der Waals surface area contributed by atoms with Crippen LogP contribution in [0.4, 0.5) is 5.95 Å². The van der Waals surface area contributed by atoms with Crippen LogP contribution >= 0.6 is 0 Å². The molecule has 0 spiro atoms. The molecule has 2 aromatic carbocycles. The van der Waals surface area contributed by atoms with Crippen LogP contribution in [0.1, 0.15) is 18.1 Å². The molecule has 0 saturated carbocycles. The van der Waals surface area contributed by atoms with Gasteiger partial charge in [-0.25, -0.2) is 10.2 Å². The van der Waals surface area contributed by atoms with E-state index in [-0.39, 0.29) is 11.2 Å². The van der Waals surface area contributed by atoms with Gasteiger partial charge in [-0.1, -0.05) is 30.3 Å². The maximum absolute atomic E-state index is 12.4. The quantitative estimate of drug-likeness (QED) is 0.213. The standard InChI is InChI=1S/C24H26N6O4/c1-3-33-14-13-30-20-21(29(2)24(32)27-22(20)31)26-23(30)28-25-15-17-9-11-19(12-10-17)34-16-18-7-5-4-6-8-18/h4-12,15H,3,13-14,16H2,1-2H3,(H,26,28)(H,27,31,32)/b25-15-. The van der Waals surface area contributed by atoms with Crippen molar-refractivity contribution in [3.05, 3.63) is 86.6 Å². The molecule has 0 radical (unpaired) electrons. The molecule has 0 amide bonds. The number of aryl methyl sites for hydroxylation is 1. The Hall–Kier alpha value is -4.18. The van der Waals surface area contributed by atoms with Crippen LogP contribution in [0, 0.1) is 0 Å². The number of hydrogen-bond donors (Lipinski definition) is 2. The first-order chi connectivity index (χ1) is 16.6. The Morgan fingerprint density at radius 1 is 1.12 bits per heavy atom. The molecule has 2 heterocycles. The van der Waals surface area contributed by atoms with Gasteiger partial charge in [0, 0.05) is 20.2 Å². The lowest BCUT2D eigenvalue weighted by atomic mass is 10.2. The van der Waals surface area contributed by atoms with Gasteiger partial charge in [0.1, 0.15) is 12.4 Å².